The van der Waals surface area contributed by atoms with Crippen molar-refractivity contribution in [2.24, 2.45) is 23.7 Å². The number of benzene rings is 1. The fourth-order valence-corrected chi connectivity index (χ4v) is 3.76. The highest BCUT2D eigenvalue weighted by Crippen LogP contribution is 2.47. The van der Waals surface area contributed by atoms with Gasteiger partial charge in [-0.15, -0.1) is 0 Å². The zero-order valence-corrected chi connectivity index (χ0v) is 13.9. The molecule has 0 radical (unpaired) electrons. The molecule has 0 heterocycles. The van der Waals surface area contributed by atoms with Gasteiger partial charge in [0.2, 0.25) is 5.91 Å². The number of nitrogens with one attached hydrogen (secondary N) is 1. The summed E-state index contributed by atoms with van der Waals surface area (Å²) in [7, 11) is 0. The van der Waals surface area contributed by atoms with Crippen molar-refractivity contribution in [3.63, 3.8) is 0 Å². The van der Waals surface area contributed by atoms with Crippen LogP contribution in [0.25, 0.3) is 0 Å². The Balaban J connectivity index is 1.68. The van der Waals surface area contributed by atoms with E-state index in [1.807, 2.05) is 24.3 Å². The van der Waals surface area contributed by atoms with E-state index < -0.39 is 5.97 Å². The quantitative estimate of drug-likeness (QED) is 0.863. The van der Waals surface area contributed by atoms with Gasteiger partial charge < -0.3 is 10.4 Å². The third-order valence-electron chi connectivity index (χ3n) is 5.28. The molecule has 1 amide bonds. The fraction of sp³-hybridized carbons (Fsp3) is 0.556. The van der Waals surface area contributed by atoms with Gasteiger partial charge in [-0.25, -0.2) is 0 Å². The maximum atomic E-state index is 12.6. The molecule has 5 atom stereocenters. The van der Waals surface area contributed by atoms with Crippen LogP contribution in [0, 0.1) is 23.7 Å². The minimum atomic E-state index is -0.787. The van der Waals surface area contributed by atoms with Crippen LogP contribution in [0.1, 0.15) is 44.2 Å². The van der Waals surface area contributed by atoms with Crippen molar-refractivity contribution >= 4 is 23.5 Å². The lowest BCUT2D eigenvalue weighted by Gasteiger charge is -2.22. The highest BCUT2D eigenvalue weighted by Gasteiger charge is 2.42. The van der Waals surface area contributed by atoms with Gasteiger partial charge in [0, 0.05) is 10.9 Å². The van der Waals surface area contributed by atoms with Crippen LogP contribution >= 0.6 is 11.6 Å². The molecule has 3 unspecified atom stereocenters. The van der Waals surface area contributed by atoms with Gasteiger partial charge in [-0.05, 0) is 55.2 Å². The molecule has 2 aliphatic rings. The monoisotopic (exact) mass is 335 g/mol. The van der Waals surface area contributed by atoms with E-state index in [-0.39, 0.29) is 23.8 Å². The summed E-state index contributed by atoms with van der Waals surface area (Å²) in [5.74, 6) is -0.291. The number of rotatable bonds is 5. The first-order chi connectivity index (χ1) is 11.0. The van der Waals surface area contributed by atoms with Gasteiger partial charge in [-0.3, -0.25) is 9.59 Å². The molecule has 2 fully saturated rings. The Bertz CT molecular complexity index is 601. The Labute approximate surface area is 141 Å². The van der Waals surface area contributed by atoms with Crippen molar-refractivity contribution in [1.82, 2.24) is 5.32 Å². The lowest BCUT2D eigenvalue weighted by Crippen LogP contribution is -2.34. The number of carbonyl (C=O) groups excluding carboxylic acids is 1. The van der Waals surface area contributed by atoms with Crippen LogP contribution in [0.5, 0.6) is 0 Å². The second kappa shape index (κ2) is 6.52. The van der Waals surface area contributed by atoms with Gasteiger partial charge in [0.1, 0.15) is 0 Å². The summed E-state index contributed by atoms with van der Waals surface area (Å²) in [6, 6.07) is 7.62. The molecular formula is C18H22ClNO3. The van der Waals surface area contributed by atoms with Crippen molar-refractivity contribution < 1.29 is 14.7 Å². The summed E-state index contributed by atoms with van der Waals surface area (Å²) in [5.41, 5.74) is 1.07. The summed E-state index contributed by atoms with van der Waals surface area (Å²) in [5, 5.41) is 12.9. The van der Waals surface area contributed by atoms with Gasteiger partial charge >= 0.3 is 5.97 Å². The molecule has 1 aromatic rings. The van der Waals surface area contributed by atoms with Gasteiger partial charge in [0.25, 0.3) is 0 Å². The standard InChI is InChI=1S/C18H22ClNO3/c1-10-8-15(10)16(11-4-6-14(19)7-5-11)20-17(21)12-2-3-13(9-12)18(22)23/h4-7,10,12-13,15-16H,2-3,8-9H2,1H3,(H,20,21)(H,22,23)/t10?,12-,13+,15?,16?/m1/s1. The highest BCUT2D eigenvalue weighted by molar-refractivity contribution is 6.30. The number of hydrogen-bond acceptors (Lipinski definition) is 2. The minimum Gasteiger partial charge on any atom is -0.481 e. The molecular weight excluding hydrogens is 314 g/mol. The number of carboxylic acids is 1. The molecule has 0 saturated heterocycles. The zero-order valence-electron chi connectivity index (χ0n) is 13.2. The van der Waals surface area contributed by atoms with Crippen molar-refractivity contribution in [2.45, 2.75) is 38.6 Å². The maximum Gasteiger partial charge on any atom is 0.306 e. The number of hydrogen-bond donors (Lipinski definition) is 2. The molecule has 4 nitrogen and oxygen atoms in total. The third-order valence-corrected chi connectivity index (χ3v) is 5.53. The summed E-state index contributed by atoms with van der Waals surface area (Å²) in [4.78, 5) is 23.6. The molecule has 124 valence electrons. The molecule has 2 N–H and O–H groups in total. The van der Waals surface area contributed by atoms with E-state index >= 15 is 0 Å². The van der Waals surface area contributed by atoms with Crippen LogP contribution in [-0.4, -0.2) is 17.0 Å². The summed E-state index contributed by atoms with van der Waals surface area (Å²) in [6.07, 6.45) is 2.82. The van der Waals surface area contributed by atoms with Crippen LogP contribution in [-0.2, 0) is 9.59 Å². The van der Waals surface area contributed by atoms with Gasteiger partial charge in [0.15, 0.2) is 0 Å². The van der Waals surface area contributed by atoms with E-state index in [0.29, 0.717) is 36.1 Å². The molecule has 3 rings (SSSR count). The fourth-order valence-electron chi connectivity index (χ4n) is 3.64. The Morgan fingerprint density at radius 1 is 1.17 bits per heavy atom. The van der Waals surface area contributed by atoms with E-state index in [4.69, 9.17) is 16.7 Å². The summed E-state index contributed by atoms with van der Waals surface area (Å²) in [6.45, 7) is 2.19. The Kier molecular flexibility index (Phi) is 4.62. The van der Waals surface area contributed by atoms with Gasteiger partial charge in [0.05, 0.1) is 12.0 Å². The molecule has 2 saturated carbocycles. The number of aliphatic carboxylic acids is 1. The van der Waals surface area contributed by atoms with E-state index in [2.05, 4.69) is 12.2 Å². The smallest absolute Gasteiger partial charge is 0.306 e. The second-order valence-electron chi connectivity index (χ2n) is 6.96. The van der Waals surface area contributed by atoms with Crippen molar-refractivity contribution in [3.05, 3.63) is 34.9 Å². The average Bonchev–Trinajstić information content (AvgIpc) is 3.03. The first kappa shape index (κ1) is 16.3. The Morgan fingerprint density at radius 2 is 1.78 bits per heavy atom. The van der Waals surface area contributed by atoms with E-state index in [1.165, 1.54) is 0 Å². The number of carbonyl (C=O) groups is 2. The molecule has 23 heavy (non-hydrogen) atoms. The molecule has 0 bridgehead atoms. The normalized spacial score (nSPS) is 30.7. The number of carboxylic acid groups (broad SMARTS) is 1. The molecule has 0 aromatic heterocycles. The Morgan fingerprint density at radius 3 is 2.30 bits per heavy atom. The van der Waals surface area contributed by atoms with Crippen LogP contribution in [0.3, 0.4) is 0 Å². The lowest BCUT2D eigenvalue weighted by atomic mass is 9.98. The molecule has 1 aromatic carbocycles. The predicted molar refractivity (Wildman–Crippen MR) is 88.1 cm³/mol. The van der Waals surface area contributed by atoms with Gasteiger partial charge in [-0.1, -0.05) is 30.7 Å². The molecule has 5 heteroatoms. The molecule has 2 aliphatic carbocycles. The third kappa shape index (κ3) is 3.69. The summed E-state index contributed by atoms with van der Waals surface area (Å²) >= 11 is 5.95. The molecule has 0 aliphatic heterocycles. The van der Waals surface area contributed by atoms with Crippen molar-refractivity contribution in [1.29, 1.82) is 0 Å². The first-order valence-electron chi connectivity index (χ1n) is 8.24. The number of amides is 1. The van der Waals surface area contributed by atoms with E-state index in [0.717, 1.165) is 12.0 Å². The highest BCUT2D eigenvalue weighted by atomic mass is 35.5. The van der Waals surface area contributed by atoms with E-state index in [9.17, 15) is 9.59 Å². The zero-order chi connectivity index (χ0) is 16.6. The second-order valence-corrected chi connectivity index (χ2v) is 7.40. The Hall–Kier alpha value is -1.55. The van der Waals surface area contributed by atoms with Crippen LogP contribution < -0.4 is 5.32 Å². The summed E-state index contributed by atoms with van der Waals surface area (Å²) < 4.78 is 0. The predicted octanol–water partition coefficient (Wildman–Crippen LogP) is 3.65. The lowest BCUT2D eigenvalue weighted by molar-refractivity contribution is -0.141. The van der Waals surface area contributed by atoms with E-state index in [1.54, 1.807) is 0 Å². The van der Waals surface area contributed by atoms with Crippen LogP contribution in [0.2, 0.25) is 5.02 Å². The minimum absolute atomic E-state index is 0.00125. The number of halogens is 1. The first-order valence-corrected chi connectivity index (χ1v) is 8.62. The topological polar surface area (TPSA) is 66.4 Å². The average molecular weight is 336 g/mol. The molecule has 0 spiro atoms. The SMILES string of the molecule is CC1CC1C(NC(=O)[C@@H]1CC[C@H](C(=O)O)C1)c1ccc(Cl)cc1. The van der Waals surface area contributed by atoms with Crippen LogP contribution in [0.4, 0.5) is 0 Å². The van der Waals surface area contributed by atoms with Crippen molar-refractivity contribution in [2.75, 3.05) is 0 Å². The van der Waals surface area contributed by atoms with Gasteiger partial charge in [-0.2, -0.15) is 0 Å². The maximum absolute atomic E-state index is 12.6. The van der Waals surface area contributed by atoms with Crippen LogP contribution in [0.15, 0.2) is 24.3 Å². The van der Waals surface area contributed by atoms with Crippen molar-refractivity contribution in [3.8, 4) is 0 Å². The largest absolute Gasteiger partial charge is 0.481 e.